The highest BCUT2D eigenvalue weighted by Crippen LogP contribution is 2.37. The normalized spacial score (nSPS) is 22.5. The minimum atomic E-state index is -1.53. The molecular formula is C16H16N4O6. The number of hydrogen-bond donors (Lipinski definition) is 2. The van der Waals surface area contributed by atoms with E-state index in [1.165, 1.54) is 13.8 Å². The molecule has 1 saturated heterocycles. The Labute approximate surface area is 147 Å². The summed E-state index contributed by atoms with van der Waals surface area (Å²) in [5.74, 6) is -3.82. The lowest BCUT2D eigenvalue weighted by atomic mass is 10.0. The molecule has 7 amide bonds. The van der Waals surface area contributed by atoms with Crippen LogP contribution >= 0.6 is 0 Å². The number of imide groups is 3. The largest absolute Gasteiger partial charge is 0.337 e. The third kappa shape index (κ3) is 2.25. The molecular weight excluding hydrogens is 344 g/mol. The van der Waals surface area contributed by atoms with Crippen molar-refractivity contribution in [3.63, 3.8) is 0 Å². The average Bonchev–Trinajstić information content (AvgIpc) is 3.05. The molecule has 3 rings (SSSR count). The van der Waals surface area contributed by atoms with E-state index in [0.717, 1.165) is 11.0 Å². The van der Waals surface area contributed by atoms with Crippen LogP contribution in [0.5, 0.6) is 0 Å². The average molecular weight is 360 g/mol. The standard InChI is InChI=1S/C16H16N4O6/c1-4-5-7-10(13(24)18-11(7)22)20-15(26)19(14(25)16(20,2)3)8-6-9(21)17-12(8)23/h6H,4-5H2,1-3H3,(H,17,21,23)(H,18,22,24). The van der Waals surface area contributed by atoms with Gasteiger partial charge in [-0.25, -0.2) is 9.69 Å². The predicted molar refractivity (Wildman–Crippen MR) is 84.5 cm³/mol. The van der Waals surface area contributed by atoms with Gasteiger partial charge in [-0.2, -0.15) is 0 Å². The maximum absolute atomic E-state index is 12.9. The lowest BCUT2D eigenvalue weighted by molar-refractivity contribution is -0.133. The molecule has 0 bridgehead atoms. The Bertz CT molecular complexity index is 866. The van der Waals surface area contributed by atoms with E-state index in [9.17, 15) is 28.8 Å². The van der Waals surface area contributed by atoms with Crippen LogP contribution in [0.4, 0.5) is 4.79 Å². The minimum absolute atomic E-state index is 0.106. The van der Waals surface area contributed by atoms with E-state index >= 15 is 0 Å². The Morgan fingerprint density at radius 3 is 2.15 bits per heavy atom. The van der Waals surface area contributed by atoms with Crippen molar-refractivity contribution in [3.8, 4) is 0 Å². The quantitative estimate of drug-likeness (QED) is 0.502. The molecule has 10 heteroatoms. The zero-order chi connectivity index (χ0) is 19.4. The molecule has 0 unspecified atom stereocenters. The first-order valence-corrected chi connectivity index (χ1v) is 7.95. The van der Waals surface area contributed by atoms with E-state index in [0.29, 0.717) is 11.3 Å². The minimum Gasteiger partial charge on any atom is -0.287 e. The lowest BCUT2D eigenvalue weighted by Crippen LogP contribution is -2.45. The fourth-order valence-corrected chi connectivity index (χ4v) is 3.15. The summed E-state index contributed by atoms with van der Waals surface area (Å²) < 4.78 is 0. The van der Waals surface area contributed by atoms with Crippen LogP contribution in [0.15, 0.2) is 23.0 Å². The van der Waals surface area contributed by atoms with Crippen LogP contribution in [0, 0.1) is 0 Å². The van der Waals surface area contributed by atoms with Gasteiger partial charge in [0.1, 0.15) is 16.9 Å². The Morgan fingerprint density at radius 2 is 1.62 bits per heavy atom. The zero-order valence-electron chi connectivity index (χ0n) is 14.3. The van der Waals surface area contributed by atoms with E-state index in [1.54, 1.807) is 6.92 Å². The summed E-state index contributed by atoms with van der Waals surface area (Å²) in [6.07, 6.45) is 1.63. The number of urea groups is 1. The second kappa shape index (κ2) is 5.61. The molecule has 2 N–H and O–H groups in total. The molecule has 0 aromatic rings. The van der Waals surface area contributed by atoms with Gasteiger partial charge in [-0.1, -0.05) is 13.3 Å². The molecule has 0 aliphatic carbocycles. The van der Waals surface area contributed by atoms with Crippen molar-refractivity contribution in [2.24, 2.45) is 0 Å². The fraction of sp³-hybridized carbons (Fsp3) is 0.375. The molecule has 136 valence electrons. The van der Waals surface area contributed by atoms with E-state index < -0.39 is 46.8 Å². The highest BCUT2D eigenvalue weighted by Gasteiger charge is 2.58. The van der Waals surface area contributed by atoms with Gasteiger partial charge in [0.2, 0.25) is 0 Å². The molecule has 0 atom stereocenters. The van der Waals surface area contributed by atoms with Crippen LogP contribution in [-0.4, -0.2) is 50.9 Å². The maximum Gasteiger partial charge on any atom is 0.337 e. The molecule has 0 saturated carbocycles. The van der Waals surface area contributed by atoms with Crippen LogP contribution in [-0.2, 0) is 24.0 Å². The smallest absolute Gasteiger partial charge is 0.287 e. The summed E-state index contributed by atoms with van der Waals surface area (Å²) in [6.45, 7) is 4.60. The highest BCUT2D eigenvalue weighted by atomic mass is 16.2. The number of carbonyl (C=O) groups excluding carboxylic acids is 6. The third-order valence-electron chi connectivity index (χ3n) is 4.37. The number of rotatable bonds is 4. The molecule has 0 aromatic heterocycles. The number of nitrogens with one attached hydrogen (secondary N) is 2. The van der Waals surface area contributed by atoms with Crippen LogP contribution in [0.1, 0.15) is 33.6 Å². The van der Waals surface area contributed by atoms with Crippen molar-refractivity contribution in [3.05, 3.63) is 23.0 Å². The van der Waals surface area contributed by atoms with Crippen LogP contribution in [0.2, 0.25) is 0 Å². The van der Waals surface area contributed by atoms with Crippen LogP contribution in [0.25, 0.3) is 0 Å². The number of carbonyl (C=O) groups is 6. The first kappa shape index (κ1) is 17.5. The van der Waals surface area contributed by atoms with Crippen LogP contribution in [0.3, 0.4) is 0 Å². The molecule has 26 heavy (non-hydrogen) atoms. The van der Waals surface area contributed by atoms with Gasteiger partial charge >= 0.3 is 6.03 Å². The molecule has 0 spiro atoms. The number of amides is 7. The van der Waals surface area contributed by atoms with Gasteiger partial charge in [-0.15, -0.1) is 0 Å². The summed E-state index contributed by atoms with van der Waals surface area (Å²) in [7, 11) is 0. The maximum atomic E-state index is 12.9. The van der Waals surface area contributed by atoms with Crippen molar-refractivity contribution in [2.45, 2.75) is 39.2 Å². The topological polar surface area (TPSA) is 133 Å². The molecule has 3 aliphatic heterocycles. The van der Waals surface area contributed by atoms with Crippen molar-refractivity contribution in [1.29, 1.82) is 0 Å². The summed E-state index contributed by atoms with van der Waals surface area (Å²) in [5.41, 5.74) is -2.04. The van der Waals surface area contributed by atoms with Gasteiger partial charge in [-0.3, -0.25) is 39.5 Å². The molecule has 3 heterocycles. The van der Waals surface area contributed by atoms with E-state index in [4.69, 9.17) is 0 Å². The summed E-state index contributed by atoms with van der Waals surface area (Å²) in [6, 6.07) is -0.968. The Kier molecular flexibility index (Phi) is 3.78. The first-order valence-electron chi connectivity index (χ1n) is 7.95. The van der Waals surface area contributed by atoms with Crippen molar-refractivity contribution in [2.75, 3.05) is 0 Å². The molecule has 0 aromatic carbocycles. The SMILES string of the molecule is CCCC1=C(N2C(=O)N(C3=CC(=O)NC3=O)C(=O)C2(C)C)C(=O)NC1=O. The van der Waals surface area contributed by atoms with Gasteiger partial charge in [0.15, 0.2) is 0 Å². The van der Waals surface area contributed by atoms with Gasteiger partial charge in [0.25, 0.3) is 29.5 Å². The van der Waals surface area contributed by atoms with E-state index in [2.05, 4.69) is 5.32 Å². The Hall–Kier alpha value is -3.30. The summed E-state index contributed by atoms with van der Waals surface area (Å²) in [4.78, 5) is 74.8. The monoisotopic (exact) mass is 360 g/mol. The Morgan fingerprint density at radius 1 is 0.962 bits per heavy atom. The van der Waals surface area contributed by atoms with Gasteiger partial charge in [-0.05, 0) is 20.3 Å². The number of hydrogen-bond acceptors (Lipinski definition) is 6. The predicted octanol–water partition coefficient (Wildman–Crippen LogP) is -0.720. The second-order valence-corrected chi connectivity index (χ2v) is 6.53. The van der Waals surface area contributed by atoms with Gasteiger partial charge < -0.3 is 0 Å². The Balaban J connectivity index is 2.13. The van der Waals surface area contributed by atoms with Crippen LogP contribution < -0.4 is 10.6 Å². The van der Waals surface area contributed by atoms with Crippen molar-refractivity contribution < 1.29 is 28.8 Å². The van der Waals surface area contributed by atoms with Gasteiger partial charge in [0.05, 0.1) is 0 Å². The van der Waals surface area contributed by atoms with Crippen molar-refractivity contribution >= 4 is 35.6 Å². The molecule has 10 nitrogen and oxygen atoms in total. The third-order valence-corrected chi connectivity index (χ3v) is 4.37. The summed E-state index contributed by atoms with van der Waals surface area (Å²) in [5, 5.41) is 4.09. The molecule has 1 fully saturated rings. The zero-order valence-corrected chi connectivity index (χ0v) is 14.3. The van der Waals surface area contributed by atoms with Gasteiger partial charge in [0, 0.05) is 11.6 Å². The number of nitrogens with zero attached hydrogens (tertiary/aromatic N) is 2. The highest BCUT2D eigenvalue weighted by molar-refractivity contribution is 6.25. The fourth-order valence-electron chi connectivity index (χ4n) is 3.15. The summed E-state index contributed by atoms with van der Waals surface area (Å²) >= 11 is 0. The second-order valence-electron chi connectivity index (χ2n) is 6.53. The van der Waals surface area contributed by atoms with E-state index in [-0.39, 0.29) is 17.7 Å². The first-order chi connectivity index (χ1) is 12.1. The lowest BCUT2D eigenvalue weighted by Gasteiger charge is -2.28. The molecule has 3 aliphatic rings. The van der Waals surface area contributed by atoms with Crippen molar-refractivity contribution in [1.82, 2.24) is 20.4 Å². The van der Waals surface area contributed by atoms with E-state index in [1.807, 2.05) is 5.32 Å². The molecule has 0 radical (unpaired) electrons.